The normalized spacial score (nSPS) is 17.7. The maximum Gasteiger partial charge on any atom is 0.258 e. The molecular weight excluding hydrogens is 316 g/mol. The number of halogens is 1. The molecule has 0 spiro atoms. The van der Waals surface area contributed by atoms with Crippen LogP contribution >= 0.6 is 15.9 Å². The molecule has 1 amide bonds. The lowest BCUT2D eigenvalue weighted by Gasteiger charge is -2.33. The van der Waals surface area contributed by atoms with Gasteiger partial charge in [-0.1, -0.05) is 40.2 Å². The van der Waals surface area contributed by atoms with Crippen LogP contribution in [0.5, 0.6) is 0 Å². The van der Waals surface area contributed by atoms with Gasteiger partial charge in [0.1, 0.15) is 0 Å². The molecule has 0 aromatic heterocycles. The number of rotatable bonds is 1. The number of anilines is 1. The van der Waals surface area contributed by atoms with E-state index in [0.717, 1.165) is 22.1 Å². The Bertz CT molecular complexity index is 656. The van der Waals surface area contributed by atoms with Crippen LogP contribution in [0.25, 0.3) is 0 Å². The van der Waals surface area contributed by atoms with Crippen molar-refractivity contribution in [1.82, 2.24) is 0 Å². The Kier molecular flexibility index (Phi) is 3.59. The van der Waals surface area contributed by atoms with E-state index in [4.69, 9.17) is 5.73 Å². The molecule has 2 aromatic rings. The molecule has 1 atom stereocenters. The van der Waals surface area contributed by atoms with Gasteiger partial charge in [-0.15, -0.1) is 0 Å². The van der Waals surface area contributed by atoms with Crippen LogP contribution in [0.3, 0.4) is 0 Å². The molecule has 1 aliphatic rings. The SMILES string of the molecule is NC1Cc2ccccc2N(C(=O)c2cccc(Br)c2)C1. The molecule has 3 rings (SSSR count). The molecule has 0 saturated heterocycles. The Balaban J connectivity index is 2.00. The van der Waals surface area contributed by atoms with Gasteiger partial charge in [0, 0.05) is 28.3 Å². The van der Waals surface area contributed by atoms with Gasteiger partial charge in [0.15, 0.2) is 0 Å². The van der Waals surface area contributed by atoms with Crippen LogP contribution in [0.2, 0.25) is 0 Å². The molecular formula is C16H15BrN2O. The molecule has 4 heteroatoms. The standard InChI is InChI=1S/C16H15BrN2O/c17-13-6-3-5-12(8-13)16(20)19-10-14(18)9-11-4-1-2-7-15(11)19/h1-8,14H,9-10,18H2. The van der Waals surface area contributed by atoms with E-state index >= 15 is 0 Å². The molecule has 0 aliphatic carbocycles. The molecule has 20 heavy (non-hydrogen) atoms. The zero-order chi connectivity index (χ0) is 14.1. The summed E-state index contributed by atoms with van der Waals surface area (Å²) in [7, 11) is 0. The van der Waals surface area contributed by atoms with Crippen LogP contribution in [0.15, 0.2) is 53.0 Å². The average molecular weight is 331 g/mol. The quantitative estimate of drug-likeness (QED) is 0.873. The highest BCUT2D eigenvalue weighted by Gasteiger charge is 2.27. The summed E-state index contributed by atoms with van der Waals surface area (Å²) in [6.45, 7) is 0.558. The number of hydrogen-bond acceptors (Lipinski definition) is 2. The number of para-hydroxylation sites is 1. The maximum absolute atomic E-state index is 12.7. The fraction of sp³-hybridized carbons (Fsp3) is 0.188. The van der Waals surface area contributed by atoms with Crippen LogP contribution < -0.4 is 10.6 Å². The van der Waals surface area contributed by atoms with Gasteiger partial charge in [-0.2, -0.15) is 0 Å². The minimum absolute atomic E-state index is 0.00565. The first-order valence-electron chi connectivity index (χ1n) is 6.56. The Morgan fingerprint density at radius 1 is 1.20 bits per heavy atom. The smallest absolute Gasteiger partial charge is 0.258 e. The predicted molar refractivity (Wildman–Crippen MR) is 83.9 cm³/mol. The zero-order valence-electron chi connectivity index (χ0n) is 10.9. The summed E-state index contributed by atoms with van der Waals surface area (Å²) >= 11 is 3.40. The van der Waals surface area contributed by atoms with Gasteiger partial charge in [-0.05, 0) is 36.2 Å². The number of hydrogen-bond donors (Lipinski definition) is 1. The summed E-state index contributed by atoms with van der Waals surface area (Å²) in [5.74, 6) is -0.00565. The number of nitrogens with two attached hydrogens (primary N) is 1. The molecule has 102 valence electrons. The van der Waals surface area contributed by atoms with E-state index in [2.05, 4.69) is 15.9 Å². The predicted octanol–water partition coefficient (Wildman–Crippen LogP) is 2.98. The average Bonchev–Trinajstić information content (AvgIpc) is 2.45. The van der Waals surface area contributed by atoms with Crippen molar-refractivity contribution in [1.29, 1.82) is 0 Å². The van der Waals surface area contributed by atoms with Gasteiger partial charge in [0.2, 0.25) is 0 Å². The van der Waals surface area contributed by atoms with Crippen molar-refractivity contribution in [2.75, 3.05) is 11.4 Å². The Hall–Kier alpha value is -1.65. The molecule has 0 radical (unpaired) electrons. The lowest BCUT2D eigenvalue weighted by molar-refractivity contribution is 0.0983. The number of nitrogens with zero attached hydrogens (tertiary/aromatic N) is 1. The van der Waals surface area contributed by atoms with E-state index in [1.807, 2.05) is 48.5 Å². The fourth-order valence-electron chi connectivity index (χ4n) is 2.60. The lowest BCUT2D eigenvalue weighted by atomic mass is 9.97. The second-order valence-electron chi connectivity index (χ2n) is 5.02. The van der Waals surface area contributed by atoms with Gasteiger partial charge in [-0.25, -0.2) is 0 Å². The molecule has 1 unspecified atom stereocenters. The number of amides is 1. The van der Waals surface area contributed by atoms with Crippen LogP contribution in [-0.4, -0.2) is 18.5 Å². The van der Waals surface area contributed by atoms with E-state index in [-0.39, 0.29) is 11.9 Å². The van der Waals surface area contributed by atoms with Crippen molar-refractivity contribution in [2.45, 2.75) is 12.5 Å². The molecule has 2 N–H and O–H groups in total. The van der Waals surface area contributed by atoms with Crippen molar-refractivity contribution in [3.05, 3.63) is 64.1 Å². The zero-order valence-corrected chi connectivity index (χ0v) is 12.5. The highest BCUT2D eigenvalue weighted by atomic mass is 79.9. The van der Waals surface area contributed by atoms with E-state index in [9.17, 15) is 4.79 Å². The number of fused-ring (bicyclic) bond motifs is 1. The number of benzene rings is 2. The van der Waals surface area contributed by atoms with Crippen LogP contribution in [0.4, 0.5) is 5.69 Å². The van der Waals surface area contributed by atoms with Gasteiger partial charge in [0.25, 0.3) is 5.91 Å². The molecule has 0 fully saturated rings. The van der Waals surface area contributed by atoms with Crippen molar-refractivity contribution >= 4 is 27.5 Å². The topological polar surface area (TPSA) is 46.3 Å². The molecule has 0 bridgehead atoms. The summed E-state index contributed by atoms with van der Waals surface area (Å²) in [6, 6.07) is 15.4. The van der Waals surface area contributed by atoms with Crippen molar-refractivity contribution in [3.63, 3.8) is 0 Å². The minimum Gasteiger partial charge on any atom is -0.326 e. The van der Waals surface area contributed by atoms with Gasteiger partial charge >= 0.3 is 0 Å². The molecule has 2 aromatic carbocycles. The van der Waals surface area contributed by atoms with E-state index in [1.54, 1.807) is 4.90 Å². The second kappa shape index (κ2) is 5.38. The fourth-order valence-corrected chi connectivity index (χ4v) is 3.00. The third kappa shape index (κ3) is 2.49. The van der Waals surface area contributed by atoms with Crippen molar-refractivity contribution < 1.29 is 4.79 Å². The molecule has 1 aliphatic heterocycles. The highest BCUT2D eigenvalue weighted by Crippen LogP contribution is 2.28. The van der Waals surface area contributed by atoms with Gasteiger partial charge < -0.3 is 10.6 Å². The summed E-state index contributed by atoms with van der Waals surface area (Å²) in [5, 5.41) is 0. The first-order valence-corrected chi connectivity index (χ1v) is 7.35. The van der Waals surface area contributed by atoms with Crippen LogP contribution in [-0.2, 0) is 6.42 Å². The monoisotopic (exact) mass is 330 g/mol. The van der Waals surface area contributed by atoms with Gasteiger partial charge in [0.05, 0.1) is 0 Å². The van der Waals surface area contributed by atoms with Crippen molar-refractivity contribution in [2.24, 2.45) is 5.73 Å². The molecule has 1 heterocycles. The second-order valence-corrected chi connectivity index (χ2v) is 5.93. The van der Waals surface area contributed by atoms with Crippen LogP contribution in [0.1, 0.15) is 15.9 Å². The number of carbonyl (C=O) groups excluding carboxylic acids is 1. The third-order valence-corrected chi connectivity index (χ3v) is 3.99. The minimum atomic E-state index is -0.0130. The van der Waals surface area contributed by atoms with E-state index < -0.39 is 0 Å². The summed E-state index contributed by atoms with van der Waals surface area (Å²) < 4.78 is 0.901. The van der Waals surface area contributed by atoms with Crippen molar-refractivity contribution in [3.8, 4) is 0 Å². The van der Waals surface area contributed by atoms with Crippen LogP contribution in [0, 0.1) is 0 Å². The summed E-state index contributed by atoms with van der Waals surface area (Å²) in [6.07, 6.45) is 0.818. The Morgan fingerprint density at radius 3 is 2.80 bits per heavy atom. The summed E-state index contributed by atoms with van der Waals surface area (Å²) in [5.41, 5.74) is 8.86. The Morgan fingerprint density at radius 2 is 2.00 bits per heavy atom. The maximum atomic E-state index is 12.7. The Labute approximate surface area is 126 Å². The third-order valence-electron chi connectivity index (χ3n) is 3.50. The largest absolute Gasteiger partial charge is 0.326 e. The molecule has 3 nitrogen and oxygen atoms in total. The van der Waals surface area contributed by atoms with Gasteiger partial charge in [-0.3, -0.25) is 4.79 Å². The van der Waals surface area contributed by atoms with E-state index in [1.165, 1.54) is 0 Å². The number of carbonyl (C=O) groups is 1. The summed E-state index contributed by atoms with van der Waals surface area (Å²) in [4.78, 5) is 14.5. The first-order chi connectivity index (χ1) is 9.65. The lowest BCUT2D eigenvalue weighted by Crippen LogP contribution is -2.46. The highest BCUT2D eigenvalue weighted by molar-refractivity contribution is 9.10. The van der Waals surface area contributed by atoms with E-state index in [0.29, 0.717) is 12.1 Å². The molecule has 0 saturated carbocycles. The first kappa shape index (κ1) is 13.3.